The minimum Gasteiger partial charge on any atom is -0.438 e. The molecular weight excluding hydrogens is 360 g/mol. The first-order chi connectivity index (χ1) is 13.4. The Morgan fingerprint density at radius 3 is 2.57 bits per heavy atom. The van der Waals surface area contributed by atoms with Crippen LogP contribution in [0, 0.1) is 15.5 Å². The van der Waals surface area contributed by atoms with Crippen molar-refractivity contribution in [3.63, 3.8) is 0 Å². The predicted molar refractivity (Wildman–Crippen MR) is 107 cm³/mol. The van der Waals surface area contributed by atoms with Gasteiger partial charge in [-0.05, 0) is 38.1 Å². The van der Waals surface area contributed by atoms with Crippen molar-refractivity contribution < 1.29 is 14.1 Å². The standard InChI is InChI=1S/C20H20N4O4/c1-3-23(4-2)14-10-9-13-11-15(19(21)28-18(13)12-14)20(25)22-16-7-5-6-8-17(16)24(26)27/h5-12,21H,3-4H2,1-2H3,(H,22,25). The molecule has 1 amide bonds. The topological polar surface area (TPSA) is 112 Å². The number of benzene rings is 2. The van der Waals surface area contributed by atoms with E-state index >= 15 is 0 Å². The van der Waals surface area contributed by atoms with E-state index in [9.17, 15) is 14.9 Å². The fourth-order valence-corrected chi connectivity index (χ4v) is 3.00. The van der Waals surface area contributed by atoms with Crippen molar-refractivity contribution in [2.24, 2.45) is 0 Å². The van der Waals surface area contributed by atoms with Gasteiger partial charge in [0.1, 0.15) is 16.8 Å². The molecule has 0 unspecified atom stereocenters. The first-order valence-electron chi connectivity index (χ1n) is 8.86. The van der Waals surface area contributed by atoms with Gasteiger partial charge in [-0.2, -0.15) is 0 Å². The van der Waals surface area contributed by atoms with Crippen LogP contribution >= 0.6 is 0 Å². The third-order valence-electron chi connectivity index (χ3n) is 4.48. The lowest BCUT2D eigenvalue weighted by molar-refractivity contribution is -0.383. The van der Waals surface area contributed by atoms with Gasteiger partial charge in [-0.3, -0.25) is 20.3 Å². The van der Waals surface area contributed by atoms with Gasteiger partial charge in [-0.15, -0.1) is 0 Å². The SMILES string of the molecule is CCN(CC)c1ccc2cc(C(=O)Nc3ccccc3[N+](=O)[O-])c(=N)oc2c1. The molecule has 0 atom stereocenters. The minimum absolute atomic E-state index is 0.00115. The Labute approximate surface area is 161 Å². The Kier molecular flexibility index (Phi) is 5.39. The Morgan fingerprint density at radius 1 is 1.18 bits per heavy atom. The van der Waals surface area contributed by atoms with Crippen molar-refractivity contribution in [1.82, 2.24) is 0 Å². The summed E-state index contributed by atoms with van der Waals surface area (Å²) < 4.78 is 5.55. The monoisotopic (exact) mass is 380 g/mol. The van der Waals surface area contributed by atoms with E-state index in [1.807, 2.05) is 18.2 Å². The van der Waals surface area contributed by atoms with Crippen LogP contribution in [0.15, 0.2) is 52.9 Å². The summed E-state index contributed by atoms with van der Waals surface area (Å²) in [4.78, 5) is 25.3. The highest BCUT2D eigenvalue weighted by Gasteiger charge is 2.18. The first-order valence-corrected chi connectivity index (χ1v) is 8.86. The molecule has 0 saturated heterocycles. The molecule has 0 saturated carbocycles. The van der Waals surface area contributed by atoms with Crippen LogP contribution in [0.25, 0.3) is 11.0 Å². The van der Waals surface area contributed by atoms with Gasteiger partial charge in [0.2, 0.25) is 5.55 Å². The fourth-order valence-electron chi connectivity index (χ4n) is 3.00. The van der Waals surface area contributed by atoms with Gasteiger partial charge < -0.3 is 14.6 Å². The third kappa shape index (κ3) is 3.71. The van der Waals surface area contributed by atoms with Crippen molar-refractivity contribution in [3.8, 4) is 0 Å². The second-order valence-corrected chi connectivity index (χ2v) is 6.11. The van der Waals surface area contributed by atoms with Crippen LogP contribution in [-0.2, 0) is 0 Å². The quantitative estimate of drug-likeness (QED) is 0.497. The van der Waals surface area contributed by atoms with Gasteiger partial charge in [-0.1, -0.05) is 12.1 Å². The number of rotatable bonds is 6. The summed E-state index contributed by atoms with van der Waals surface area (Å²) in [5, 5.41) is 22.4. The van der Waals surface area contributed by atoms with Crippen molar-refractivity contribution in [2.75, 3.05) is 23.3 Å². The van der Waals surface area contributed by atoms with E-state index in [1.165, 1.54) is 18.2 Å². The molecule has 0 fully saturated rings. The summed E-state index contributed by atoms with van der Waals surface area (Å²) >= 11 is 0. The molecule has 0 aliphatic rings. The number of nitro benzene ring substituents is 1. The van der Waals surface area contributed by atoms with Crippen LogP contribution in [0.1, 0.15) is 24.2 Å². The van der Waals surface area contributed by atoms with Gasteiger partial charge in [0.15, 0.2) is 0 Å². The van der Waals surface area contributed by atoms with Crippen molar-refractivity contribution in [2.45, 2.75) is 13.8 Å². The Balaban J connectivity index is 1.96. The smallest absolute Gasteiger partial charge is 0.292 e. The van der Waals surface area contributed by atoms with Crippen molar-refractivity contribution in [3.05, 3.63) is 69.8 Å². The molecule has 2 N–H and O–H groups in total. The lowest BCUT2D eigenvalue weighted by atomic mass is 10.1. The average molecular weight is 380 g/mol. The Bertz CT molecular complexity index is 1100. The summed E-state index contributed by atoms with van der Waals surface area (Å²) in [6.07, 6.45) is 0. The zero-order valence-electron chi connectivity index (χ0n) is 15.6. The van der Waals surface area contributed by atoms with Crippen LogP contribution in [0.2, 0.25) is 0 Å². The van der Waals surface area contributed by atoms with E-state index in [-0.39, 0.29) is 22.5 Å². The van der Waals surface area contributed by atoms with Gasteiger partial charge in [0.05, 0.1) is 4.92 Å². The number of anilines is 2. The van der Waals surface area contributed by atoms with Crippen LogP contribution < -0.4 is 15.8 Å². The van der Waals surface area contributed by atoms with Crippen LogP contribution in [0.4, 0.5) is 17.1 Å². The number of para-hydroxylation sites is 2. The van der Waals surface area contributed by atoms with Gasteiger partial charge in [-0.25, -0.2) is 0 Å². The molecular formula is C20H20N4O4. The molecule has 28 heavy (non-hydrogen) atoms. The highest BCUT2D eigenvalue weighted by atomic mass is 16.6. The maximum atomic E-state index is 12.6. The number of hydrogen-bond acceptors (Lipinski definition) is 6. The number of nitrogens with one attached hydrogen (secondary N) is 2. The lowest BCUT2D eigenvalue weighted by Crippen LogP contribution is -2.22. The zero-order valence-corrected chi connectivity index (χ0v) is 15.6. The molecule has 3 rings (SSSR count). The lowest BCUT2D eigenvalue weighted by Gasteiger charge is -2.21. The highest BCUT2D eigenvalue weighted by Crippen LogP contribution is 2.25. The molecule has 0 bridgehead atoms. The van der Waals surface area contributed by atoms with E-state index in [4.69, 9.17) is 9.83 Å². The molecule has 0 aliphatic carbocycles. The molecule has 0 radical (unpaired) electrons. The number of carbonyl (C=O) groups is 1. The number of fused-ring (bicyclic) bond motifs is 1. The average Bonchev–Trinajstić information content (AvgIpc) is 2.68. The highest BCUT2D eigenvalue weighted by molar-refractivity contribution is 6.06. The van der Waals surface area contributed by atoms with Gasteiger partial charge >= 0.3 is 0 Å². The normalized spacial score (nSPS) is 10.6. The number of hydrogen-bond donors (Lipinski definition) is 2. The van der Waals surface area contributed by atoms with E-state index in [0.29, 0.717) is 11.0 Å². The second-order valence-electron chi connectivity index (χ2n) is 6.11. The predicted octanol–water partition coefficient (Wildman–Crippen LogP) is 3.92. The fraction of sp³-hybridized carbons (Fsp3) is 0.200. The molecule has 144 valence electrons. The van der Waals surface area contributed by atoms with E-state index in [0.717, 1.165) is 18.8 Å². The molecule has 0 aliphatic heterocycles. The summed E-state index contributed by atoms with van der Waals surface area (Å²) in [6, 6.07) is 13.0. The molecule has 0 spiro atoms. The Morgan fingerprint density at radius 2 is 1.89 bits per heavy atom. The maximum absolute atomic E-state index is 12.6. The largest absolute Gasteiger partial charge is 0.438 e. The van der Waals surface area contributed by atoms with Crippen LogP contribution in [0.3, 0.4) is 0 Å². The maximum Gasteiger partial charge on any atom is 0.292 e. The summed E-state index contributed by atoms with van der Waals surface area (Å²) in [5.74, 6) is -0.641. The second kappa shape index (κ2) is 7.91. The Hall–Kier alpha value is -3.68. The number of nitrogens with zero attached hydrogens (tertiary/aromatic N) is 2. The molecule has 8 nitrogen and oxygen atoms in total. The summed E-state index contributed by atoms with van der Waals surface area (Å²) in [5.41, 5.74) is 1.01. The summed E-state index contributed by atoms with van der Waals surface area (Å²) in [7, 11) is 0. The first kappa shape index (κ1) is 19.1. The molecule has 1 heterocycles. The number of nitro groups is 1. The summed E-state index contributed by atoms with van der Waals surface area (Å²) in [6.45, 7) is 5.78. The van der Waals surface area contributed by atoms with Crippen molar-refractivity contribution >= 4 is 33.9 Å². The van der Waals surface area contributed by atoms with Crippen LogP contribution in [-0.4, -0.2) is 23.9 Å². The molecule has 8 heteroatoms. The van der Waals surface area contributed by atoms with Crippen LogP contribution in [0.5, 0.6) is 0 Å². The number of carbonyl (C=O) groups excluding carboxylic acids is 1. The molecule has 3 aromatic rings. The van der Waals surface area contributed by atoms with Gasteiger partial charge in [0, 0.05) is 36.3 Å². The third-order valence-corrected chi connectivity index (χ3v) is 4.48. The van der Waals surface area contributed by atoms with E-state index in [2.05, 4.69) is 24.1 Å². The van der Waals surface area contributed by atoms with E-state index in [1.54, 1.807) is 12.1 Å². The van der Waals surface area contributed by atoms with Gasteiger partial charge in [0.25, 0.3) is 11.6 Å². The molecule has 1 aromatic heterocycles. The van der Waals surface area contributed by atoms with Crippen molar-refractivity contribution in [1.29, 1.82) is 5.41 Å². The molecule has 2 aromatic carbocycles. The van der Waals surface area contributed by atoms with E-state index < -0.39 is 10.8 Å². The number of amides is 1. The zero-order chi connectivity index (χ0) is 20.3. The minimum atomic E-state index is -0.641.